The van der Waals surface area contributed by atoms with E-state index in [1.165, 1.54) is 0 Å². The lowest BCUT2D eigenvalue weighted by molar-refractivity contribution is 0.102. The third-order valence-electron chi connectivity index (χ3n) is 3.65. The number of nitrogens with zero attached hydrogens (tertiary/aromatic N) is 2. The van der Waals surface area contributed by atoms with Crippen molar-refractivity contribution < 1.29 is 14.2 Å². The number of hydrogen-bond donors (Lipinski definition) is 1. The number of hydrogen-bond acceptors (Lipinski definition) is 5. The molecule has 0 atom stereocenters. The molecule has 6 nitrogen and oxygen atoms in total. The maximum atomic E-state index is 12.4. The lowest BCUT2D eigenvalue weighted by Crippen LogP contribution is -2.12. The second kappa shape index (κ2) is 8.10. The Kier molecular flexibility index (Phi) is 5.41. The van der Waals surface area contributed by atoms with E-state index in [0.717, 1.165) is 24.2 Å². The van der Waals surface area contributed by atoms with Crippen LogP contribution in [0.15, 0.2) is 59.2 Å². The fourth-order valence-corrected chi connectivity index (χ4v) is 2.27. The number of amides is 1. The van der Waals surface area contributed by atoms with Crippen molar-refractivity contribution in [2.75, 3.05) is 11.9 Å². The number of rotatable bonds is 7. The van der Waals surface area contributed by atoms with Gasteiger partial charge >= 0.3 is 0 Å². The Morgan fingerprint density at radius 2 is 1.84 bits per heavy atom. The van der Waals surface area contributed by atoms with Gasteiger partial charge in [0.1, 0.15) is 5.75 Å². The van der Waals surface area contributed by atoms with Gasteiger partial charge in [0.05, 0.1) is 6.61 Å². The predicted octanol–water partition coefficient (Wildman–Crippen LogP) is 4.17. The third-order valence-corrected chi connectivity index (χ3v) is 3.65. The van der Waals surface area contributed by atoms with Gasteiger partial charge in [-0.2, -0.15) is 0 Å². The lowest BCUT2D eigenvalue weighted by atomic mass is 10.1. The Morgan fingerprint density at radius 3 is 2.56 bits per heavy atom. The first kappa shape index (κ1) is 16.7. The van der Waals surface area contributed by atoms with Gasteiger partial charge in [-0.3, -0.25) is 4.79 Å². The van der Waals surface area contributed by atoms with Crippen LogP contribution in [-0.2, 0) is 0 Å². The standard InChI is InChI=1S/C19H19N3O3/c1-2-3-13-24-16-11-9-15(10-12-16)19(23)20-18-17(21-25-22-18)14-7-5-4-6-8-14/h4-12H,2-3,13H2,1H3,(H,20,22,23). The largest absolute Gasteiger partial charge is 0.494 e. The molecule has 0 unspecified atom stereocenters. The molecule has 0 aliphatic rings. The number of anilines is 1. The maximum absolute atomic E-state index is 12.4. The summed E-state index contributed by atoms with van der Waals surface area (Å²) in [6.45, 7) is 2.78. The fraction of sp³-hybridized carbons (Fsp3) is 0.211. The summed E-state index contributed by atoms with van der Waals surface area (Å²) < 4.78 is 10.4. The van der Waals surface area contributed by atoms with E-state index in [1.807, 2.05) is 30.3 Å². The van der Waals surface area contributed by atoms with Gasteiger partial charge in [0.15, 0.2) is 5.69 Å². The topological polar surface area (TPSA) is 77.2 Å². The van der Waals surface area contributed by atoms with E-state index in [4.69, 9.17) is 9.37 Å². The van der Waals surface area contributed by atoms with Crippen molar-refractivity contribution in [3.8, 4) is 17.0 Å². The van der Waals surface area contributed by atoms with Crippen molar-refractivity contribution in [3.63, 3.8) is 0 Å². The predicted molar refractivity (Wildman–Crippen MR) is 94.5 cm³/mol. The van der Waals surface area contributed by atoms with Crippen LogP contribution in [0.1, 0.15) is 30.1 Å². The zero-order chi connectivity index (χ0) is 17.5. The van der Waals surface area contributed by atoms with E-state index in [-0.39, 0.29) is 5.91 Å². The van der Waals surface area contributed by atoms with Gasteiger partial charge in [0.2, 0.25) is 5.82 Å². The second-order valence-corrected chi connectivity index (χ2v) is 5.51. The molecule has 0 aliphatic heterocycles. The fourth-order valence-electron chi connectivity index (χ4n) is 2.27. The molecule has 0 bridgehead atoms. The highest BCUT2D eigenvalue weighted by molar-refractivity contribution is 6.05. The molecular formula is C19H19N3O3. The van der Waals surface area contributed by atoms with Crippen molar-refractivity contribution in [2.24, 2.45) is 0 Å². The van der Waals surface area contributed by atoms with E-state index in [9.17, 15) is 4.79 Å². The average Bonchev–Trinajstić information content (AvgIpc) is 3.11. The highest BCUT2D eigenvalue weighted by atomic mass is 16.6. The summed E-state index contributed by atoms with van der Waals surface area (Å²) in [4.78, 5) is 12.4. The SMILES string of the molecule is CCCCOc1ccc(C(=O)Nc2nonc2-c2ccccc2)cc1. The Balaban J connectivity index is 1.68. The number of aromatic nitrogens is 2. The van der Waals surface area contributed by atoms with Gasteiger partial charge in [-0.05, 0) is 41.0 Å². The van der Waals surface area contributed by atoms with E-state index in [1.54, 1.807) is 24.3 Å². The minimum atomic E-state index is -0.284. The highest BCUT2D eigenvalue weighted by Crippen LogP contribution is 2.24. The highest BCUT2D eigenvalue weighted by Gasteiger charge is 2.15. The molecule has 3 aromatic rings. The van der Waals surface area contributed by atoms with Crippen LogP contribution in [0, 0.1) is 0 Å². The molecule has 25 heavy (non-hydrogen) atoms. The minimum absolute atomic E-state index is 0.284. The molecule has 0 spiro atoms. The molecule has 1 N–H and O–H groups in total. The van der Waals surface area contributed by atoms with Crippen molar-refractivity contribution >= 4 is 11.7 Å². The van der Waals surface area contributed by atoms with Gasteiger partial charge in [0, 0.05) is 11.1 Å². The molecule has 0 saturated heterocycles. The molecule has 3 rings (SSSR count). The smallest absolute Gasteiger partial charge is 0.256 e. The van der Waals surface area contributed by atoms with Crippen molar-refractivity contribution in [1.29, 1.82) is 0 Å². The summed E-state index contributed by atoms with van der Waals surface area (Å²) in [5.41, 5.74) is 1.82. The van der Waals surface area contributed by atoms with Crippen molar-refractivity contribution in [3.05, 3.63) is 60.2 Å². The molecule has 2 aromatic carbocycles. The van der Waals surface area contributed by atoms with Crippen LogP contribution in [0.25, 0.3) is 11.3 Å². The number of benzene rings is 2. The number of nitrogens with one attached hydrogen (secondary N) is 1. The first-order valence-corrected chi connectivity index (χ1v) is 8.20. The number of carbonyl (C=O) groups excluding carboxylic acids is 1. The lowest BCUT2D eigenvalue weighted by Gasteiger charge is -2.07. The summed E-state index contributed by atoms with van der Waals surface area (Å²) in [6, 6.07) is 16.4. The Morgan fingerprint density at radius 1 is 1.08 bits per heavy atom. The Hall–Kier alpha value is -3.15. The van der Waals surface area contributed by atoms with E-state index in [0.29, 0.717) is 23.7 Å². The number of carbonyl (C=O) groups is 1. The van der Waals surface area contributed by atoms with Crippen LogP contribution in [0.4, 0.5) is 5.82 Å². The summed E-state index contributed by atoms with van der Waals surface area (Å²) >= 11 is 0. The van der Waals surface area contributed by atoms with Gasteiger partial charge in [-0.15, -0.1) is 0 Å². The van der Waals surface area contributed by atoms with E-state index < -0.39 is 0 Å². The van der Waals surface area contributed by atoms with Gasteiger partial charge in [0.25, 0.3) is 5.91 Å². The first-order valence-electron chi connectivity index (χ1n) is 8.20. The van der Waals surface area contributed by atoms with Gasteiger partial charge < -0.3 is 10.1 Å². The van der Waals surface area contributed by atoms with Crippen LogP contribution < -0.4 is 10.1 Å². The number of ether oxygens (including phenoxy) is 1. The molecule has 1 amide bonds. The zero-order valence-corrected chi connectivity index (χ0v) is 13.9. The van der Waals surface area contributed by atoms with Gasteiger partial charge in [-0.25, -0.2) is 4.63 Å². The van der Waals surface area contributed by atoms with E-state index >= 15 is 0 Å². The normalized spacial score (nSPS) is 10.4. The van der Waals surface area contributed by atoms with E-state index in [2.05, 4.69) is 22.6 Å². The van der Waals surface area contributed by atoms with Crippen molar-refractivity contribution in [2.45, 2.75) is 19.8 Å². The summed E-state index contributed by atoms with van der Waals surface area (Å²) in [5, 5.41) is 10.4. The molecule has 0 saturated carbocycles. The molecule has 0 aliphatic carbocycles. The Bertz CT molecular complexity index is 813. The van der Waals surface area contributed by atoms with Crippen LogP contribution in [0.2, 0.25) is 0 Å². The summed E-state index contributed by atoms with van der Waals surface area (Å²) in [5.74, 6) is 0.755. The molecule has 128 valence electrons. The molecule has 1 heterocycles. The minimum Gasteiger partial charge on any atom is -0.494 e. The Labute approximate surface area is 145 Å². The van der Waals surface area contributed by atoms with Gasteiger partial charge in [-0.1, -0.05) is 43.7 Å². The summed E-state index contributed by atoms with van der Waals surface area (Å²) in [6.07, 6.45) is 2.08. The van der Waals surface area contributed by atoms with Crippen LogP contribution in [0.5, 0.6) is 5.75 Å². The molecular weight excluding hydrogens is 318 g/mol. The first-order chi connectivity index (χ1) is 12.3. The van der Waals surface area contributed by atoms with Crippen LogP contribution in [-0.4, -0.2) is 22.8 Å². The van der Waals surface area contributed by atoms with Crippen LogP contribution >= 0.6 is 0 Å². The number of unbranched alkanes of at least 4 members (excludes halogenated alkanes) is 1. The second-order valence-electron chi connectivity index (χ2n) is 5.51. The average molecular weight is 337 g/mol. The monoisotopic (exact) mass is 337 g/mol. The molecule has 0 radical (unpaired) electrons. The maximum Gasteiger partial charge on any atom is 0.256 e. The summed E-state index contributed by atoms with van der Waals surface area (Å²) in [7, 11) is 0. The molecule has 0 fully saturated rings. The zero-order valence-electron chi connectivity index (χ0n) is 13.9. The molecule has 6 heteroatoms. The quantitative estimate of drug-likeness (QED) is 0.655. The molecule has 1 aromatic heterocycles. The van der Waals surface area contributed by atoms with Crippen LogP contribution in [0.3, 0.4) is 0 Å². The van der Waals surface area contributed by atoms with Crippen molar-refractivity contribution in [1.82, 2.24) is 10.3 Å². The third kappa shape index (κ3) is 4.23.